The smallest absolute Gasteiger partial charge is 0.248 e. The van der Waals surface area contributed by atoms with Crippen LogP contribution in [0.25, 0.3) is 11.4 Å². The number of hydrogen-bond acceptors (Lipinski definition) is 4. The summed E-state index contributed by atoms with van der Waals surface area (Å²) in [6.45, 7) is 1.89. The molecule has 0 aliphatic carbocycles. The highest BCUT2D eigenvalue weighted by Crippen LogP contribution is 2.19. The van der Waals surface area contributed by atoms with Crippen LogP contribution < -0.4 is 5.32 Å². The van der Waals surface area contributed by atoms with E-state index in [2.05, 4.69) is 27.7 Å². The van der Waals surface area contributed by atoms with Crippen molar-refractivity contribution in [2.24, 2.45) is 0 Å². The summed E-state index contributed by atoms with van der Waals surface area (Å²) in [5.41, 5.74) is 2.02. The number of benzene rings is 2. The first kappa shape index (κ1) is 17.0. The minimum absolute atomic E-state index is 0.00740. The van der Waals surface area contributed by atoms with Crippen LogP contribution >= 0.6 is 11.6 Å². The van der Waals surface area contributed by atoms with Gasteiger partial charge < -0.3 is 5.32 Å². The van der Waals surface area contributed by atoms with Gasteiger partial charge in [0.25, 0.3) is 0 Å². The van der Waals surface area contributed by atoms with Crippen molar-refractivity contribution in [3.05, 3.63) is 58.9 Å². The number of carbonyl (C=O) groups excluding carboxylic acids is 1. The molecule has 0 spiro atoms. The number of nitrogens with one attached hydrogen (secondary N) is 1. The Morgan fingerprint density at radius 2 is 2.00 bits per heavy atom. The highest BCUT2D eigenvalue weighted by Gasteiger charge is 2.11. The molecule has 0 unspecified atom stereocenters. The summed E-state index contributed by atoms with van der Waals surface area (Å²) >= 11 is 5.80. The van der Waals surface area contributed by atoms with Crippen molar-refractivity contribution in [3.8, 4) is 11.4 Å². The first-order chi connectivity index (χ1) is 12.0. The van der Waals surface area contributed by atoms with Crippen LogP contribution in [0.5, 0.6) is 0 Å². The van der Waals surface area contributed by atoms with E-state index in [0.717, 1.165) is 16.8 Å². The maximum absolute atomic E-state index is 13.6. The molecule has 3 aromatic rings. The highest BCUT2D eigenvalue weighted by molar-refractivity contribution is 6.30. The number of halogens is 2. The van der Waals surface area contributed by atoms with Crippen molar-refractivity contribution < 1.29 is 9.18 Å². The predicted octanol–water partition coefficient (Wildman–Crippen LogP) is 3.33. The van der Waals surface area contributed by atoms with Crippen molar-refractivity contribution in [2.45, 2.75) is 19.9 Å². The number of aryl methyl sites for hydroxylation is 1. The number of amides is 1. The van der Waals surface area contributed by atoms with E-state index in [4.69, 9.17) is 11.6 Å². The van der Waals surface area contributed by atoms with Gasteiger partial charge in [-0.25, -0.2) is 4.39 Å². The molecule has 128 valence electrons. The standard InChI is InChI=1S/C17H15ClFN5O/c1-2-11-3-5-12(6-4-11)17-21-23-24(22-17)10-16(25)20-15-9-13(18)7-8-14(15)19/h3-9H,2,10H2,1H3,(H,20,25). The molecule has 1 heterocycles. The lowest BCUT2D eigenvalue weighted by Crippen LogP contribution is -2.21. The molecule has 0 aliphatic rings. The summed E-state index contributed by atoms with van der Waals surface area (Å²) in [6, 6.07) is 11.7. The highest BCUT2D eigenvalue weighted by atomic mass is 35.5. The molecule has 0 bridgehead atoms. The molecule has 6 nitrogen and oxygen atoms in total. The van der Waals surface area contributed by atoms with Gasteiger partial charge in [-0.3, -0.25) is 4.79 Å². The van der Waals surface area contributed by atoms with E-state index in [0.29, 0.717) is 10.8 Å². The Balaban J connectivity index is 1.68. The average Bonchev–Trinajstić information content (AvgIpc) is 3.06. The Hall–Kier alpha value is -2.80. The molecule has 3 rings (SSSR count). The fraction of sp³-hybridized carbons (Fsp3) is 0.176. The SMILES string of the molecule is CCc1ccc(-c2nnn(CC(=O)Nc3cc(Cl)ccc3F)n2)cc1. The molecule has 0 saturated carbocycles. The molecule has 25 heavy (non-hydrogen) atoms. The second-order valence-corrected chi connectivity index (χ2v) is 5.80. The Labute approximate surface area is 148 Å². The van der Waals surface area contributed by atoms with Crippen molar-refractivity contribution in [1.82, 2.24) is 20.2 Å². The number of aromatic nitrogens is 4. The molecule has 0 atom stereocenters. The van der Waals surface area contributed by atoms with E-state index >= 15 is 0 Å². The number of hydrogen-bond donors (Lipinski definition) is 1. The van der Waals surface area contributed by atoms with Crippen LogP contribution in [0.2, 0.25) is 5.02 Å². The fourth-order valence-corrected chi connectivity index (χ4v) is 2.40. The first-order valence-electron chi connectivity index (χ1n) is 7.67. The minimum Gasteiger partial charge on any atom is -0.322 e. The van der Waals surface area contributed by atoms with E-state index in [-0.39, 0.29) is 12.2 Å². The second kappa shape index (κ2) is 7.40. The largest absolute Gasteiger partial charge is 0.322 e. The number of carbonyl (C=O) groups is 1. The lowest BCUT2D eigenvalue weighted by atomic mass is 10.1. The monoisotopic (exact) mass is 359 g/mol. The zero-order valence-electron chi connectivity index (χ0n) is 13.4. The summed E-state index contributed by atoms with van der Waals surface area (Å²) in [7, 11) is 0. The fourth-order valence-electron chi connectivity index (χ4n) is 2.23. The van der Waals surface area contributed by atoms with Gasteiger partial charge in [-0.05, 0) is 35.4 Å². The molecule has 0 saturated heterocycles. The van der Waals surface area contributed by atoms with E-state index in [1.807, 2.05) is 24.3 Å². The molecular weight excluding hydrogens is 345 g/mol. The zero-order valence-corrected chi connectivity index (χ0v) is 14.2. The van der Waals surface area contributed by atoms with Gasteiger partial charge >= 0.3 is 0 Å². The molecule has 0 radical (unpaired) electrons. The van der Waals surface area contributed by atoms with Crippen LogP contribution in [-0.4, -0.2) is 26.1 Å². The van der Waals surface area contributed by atoms with Crippen LogP contribution in [0.1, 0.15) is 12.5 Å². The van der Waals surface area contributed by atoms with Crippen LogP contribution in [0.15, 0.2) is 42.5 Å². The van der Waals surface area contributed by atoms with Gasteiger partial charge in [0, 0.05) is 10.6 Å². The van der Waals surface area contributed by atoms with Crippen LogP contribution in [0, 0.1) is 5.82 Å². The summed E-state index contributed by atoms with van der Waals surface area (Å²) in [5, 5.41) is 14.7. The second-order valence-electron chi connectivity index (χ2n) is 5.37. The third-order valence-electron chi connectivity index (χ3n) is 3.56. The number of rotatable bonds is 5. The van der Waals surface area contributed by atoms with Gasteiger partial charge in [-0.2, -0.15) is 4.80 Å². The Kier molecular flexibility index (Phi) is 5.04. The van der Waals surface area contributed by atoms with Gasteiger partial charge in [0.2, 0.25) is 11.7 Å². The molecule has 8 heteroatoms. The Morgan fingerprint density at radius 1 is 1.24 bits per heavy atom. The van der Waals surface area contributed by atoms with Gasteiger partial charge in [0.05, 0.1) is 5.69 Å². The third kappa shape index (κ3) is 4.19. The molecule has 1 N–H and O–H groups in total. The molecule has 0 aliphatic heterocycles. The lowest BCUT2D eigenvalue weighted by Gasteiger charge is -2.06. The van der Waals surface area contributed by atoms with Crippen molar-refractivity contribution in [3.63, 3.8) is 0 Å². The van der Waals surface area contributed by atoms with Gasteiger partial charge in [0.15, 0.2) is 0 Å². The van der Waals surface area contributed by atoms with Crippen molar-refractivity contribution in [2.75, 3.05) is 5.32 Å². The molecule has 1 aromatic heterocycles. The van der Waals surface area contributed by atoms with E-state index in [9.17, 15) is 9.18 Å². The summed E-state index contributed by atoms with van der Waals surface area (Å²) in [6.07, 6.45) is 0.945. The summed E-state index contributed by atoms with van der Waals surface area (Å²) in [5.74, 6) is -0.628. The third-order valence-corrected chi connectivity index (χ3v) is 3.80. The van der Waals surface area contributed by atoms with E-state index in [1.54, 1.807) is 0 Å². The minimum atomic E-state index is -0.569. The zero-order chi connectivity index (χ0) is 17.8. The molecular formula is C17H15ClFN5O. The molecule has 0 fully saturated rings. The van der Waals surface area contributed by atoms with Gasteiger partial charge in [-0.15, -0.1) is 10.2 Å². The number of anilines is 1. The van der Waals surface area contributed by atoms with Crippen molar-refractivity contribution in [1.29, 1.82) is 0 Å². The molecule has 2 aromatic carbocycles. The summed E-state index contributed by atoms with van der Waals surface area (Å²) in [4.78, 5) is 13.2. The van der Waals surface area contributed by atoms with Gasteiger partial charge in [-0.1, -0.05) is 42.8 Å². The number of tetrazole rings is 1. The Morgan fingerprint density at radius 3 is 2.72 bits per heavy atom. The van der Waals surface area contributed by atoms with E-state index < -0.39 is 11.7 Å². The number of nitrogens with zero attached hydrogens (tertiary/aromatic N) is 4. The first-order valence-corrected chi connectivity index (χ1v) is 8.05. The van der Waals surface area contributed by atoms with Crippen LogP contribution in [0.4, 0.5) is 10.1 Å². The van der Waals surface area contributed by atoms with Crippen LogP contribution in [-0.2, 0) is 17.8 Å². The topological polar surface area (TPSA) is 72.7 Å². The van der Waals surface area contributed by atoms with Crippen molar-refractivity contribution >= 4 is 23.2 Å². The quantitative estimate of drug-likeness (QED) is 0.758. The van der Waals surface area contributed by atoms with Gasteiger partial charge in [0.1, 0.15) is 12.4 Å². The normalized spacial score (nSPS) is 10.7. The lowest BCUT2D eigenvalue weighted by molar-refractivity contribution is -0.117. The Bertz CT molecular complexity index is 894. The van der Waals surface area contributed by atoms with Crippen LogP contribution in [0.3, 0.4) is 0 Å². The maximum atomic E-state index is 13.6. The predicted molar refractivity (Wildman–Crippen MR) is 92.7 cm³/mol. The van der Waals surface area contributed by atoms with E-state index in [1.165, 1.54) is 23.8 Å². The average molecular weight is 360 g/mol. The molecule has 1 amide bonds. The summed E-state index contributed by atoms with van der Waals surface area (Å²) < 4.78 is 13.6. The maximum Gasteiger partial charge on any atom is 0.248 e.